The van der Waals surface area contributed by atoms with Crippen LogP contribution in [-0.4, -0.2) is 88.4 Å². The molecule has 2 saturated heterocycles. The molecule has 0 spiro atoms. The molecule has 2 aliphatic heterocycles. The summed E-state index contributed by atoms with van der Waals surface area (Å²) in [7, 11) is 1.64. The second kappa shape index (κ2) is 9.29. The maximum atomic E-state index is 13.1. The number of morpholine rings is 2. The van der Waals surface area contributed by atoms with E-state index in [4.69, 9.17) is 14.2 Å². The molecule has 0 saturated carbocycles. The average Bonchev–Trinajstić information content (AvgIpc) is 2.68. The summed E-state index contributed by atoms with van der Waals surface area (Å²) in [6, 6.07) is 7.45. The van der Waals surface area contributed by atoms with Gasteiger partial charge in [-0.05, 0) is 24.3 Å². The topological polar surface area (TPSA) is 51.2 Å². The van der Waals surface area contributed by atoms with Crippen LogP contribution >= 0.6 is 0 Å². The van der Waals surface area contributed by atoms with E-state index in [2.05, 4.69) is 9.80 Å². The van der Waals surface area contributed by atoms with Crippen molar-refractivity contribution in [2.45, 2.75) is 0 Å². The number of benzene rings is 1. The number of methoxy groups -OCH3 is 1. The number of nitrogens with zero attached hydrogens (tertiary/aromatic N) is 2. The van der Waals surface area contributed by atoms with Crippen molar-refractivity contribution in [1.82, 2.24) is 9.80 Å². The Kier molecular flexibility index (Phi) is 6.81. The van der Waals surface area contributed by atoms with Crippen molar-refractivity contribution in [3.05, 3.63) is 29.8 Å². The average molecular weight is 348 g/mol. The molecular weight excluding hydrogens is 320 g/mol. The molecule has 0 bridgehead atoms. The molecule has 0 amide bonds. The second-order valence-corrected chi connectivity index (χ2v) is 6.62. The SMILES string of the molecule is COc1ccc(C(=O)C(CN2CCOCC2)CN2CCOCC2)cc1. The van der Waals surface area contributed by atoms with Gasteiger partial charge in [0, 0.05) is 50.7 Å². The van der Waals surface area contributed by atoms with Crippen LogP contribution in [0.1, 0.15) is 10.4 Å². The van der Waals surface area contributed by atoms with Gasteiger partial charge in [0.15, 0.2) is 5.78 Å². The van der Waals surface area contributed by atoms with Crippen molar-refractivity contribution in [3.63, 3.8) is 0 Å². The van der Waals surface area contributed by atoms with Crippen LogP contribution < -0.4 is 4.74 Å². The molecule has 2 heterocycles. The fourth-order valence-corrected chi connectivity index (χ4v) is 3.41. The standard InChI is InChI=1S/C19H28N2O4/c1-23-18-4-2-16(3-5-18)19(22)17(14-20-6-10-24-11-7-20)15-21-8-12-25-13-9-21/h2-5,17H,6-15H2,1H3. The molecule has 25 heavy (non-hydrogen) atoms. The summed E-state index contributed by atoms with van der Waals surface area (Å²) in [6.45, 7) is 8.16. The first-order chi connectivity index (χ1) is 12.3. The lowest BCUT2D eigenvalue weighted by atomic mass is 9.95. The van der Waals surface area contributed by atoms with Gasteiger partial charge in [0.05, 0.1) is 33.5 Å². The molecule has 6 heteroatoms. The molecule has 1 aromatic carbocycles. The van der Waals surface area contributed by atoms with Crippen LogP contribution in [0.2, 0.25) is 0 Å². The quantitative estimate of drug-likeness (QED) is 0.689. The van der Waals surface area contributed by atoms with E-state index in [1.165, 1.54) is 0 Å². The third-order valence-corrected chi connectivity index (χ3v) is 4.91. The summed E-state index contributed by atoms with van der Waals surface area (Å²) in [6.07, 6.45) is 0. The maximum Gasteiger partial charge on any atom is 0.168 e. The Morgan fingerprint density at radius 1 is 0.960 bits per heavy atom. The first-order valence-corrected chi connectivity index (χ1v) is 9.05. The molecule has 2 aliphatic rings. The lowest BCUT2D eigenvalue weighted by Crippen LogP contribution is -2.47. The van der Waals surface area contributed by atoms with E-state index in [1.807, 2.05) is 24.3 Å². The highest BCUT2D eigenvalue weighted by atomic mass is 16.5. The molecule has 3 rings (SSSR count). The molecule has 0 atom stereocenters. The highest BCUT2D eigenvalue weighted by Crippen LogP contribution is 2.18. The predicted octanol–water partition coefficient (Wildman–Crippen LogP) is 1.16. The summed E-state index contributed by atoms with van der Waals surface area (Å²) >= 11 is 0. The first-order valence-electron chi connectivity index (χ1n) is 9.05. The number of rotatable bonds is 7. The van der Waals surface area contributed by atoms with Crippen LogP contribution in [0.25, 0.3) is 0 Å². The first kappa shape index (κ1) is 18.3. The number of Topliss-reactive ketones (excluding diaryl/α,β-unsaturated/α-hetero) is 1. The van der Waals surface area contributed by atoms with E-state index in [9.17, 15) is 4.79 Å². The van der Waals surface area contributed by atoms with Gasteiger partial charge in [-0.15, -0.1) is 0 Å². The van der Waals surface area contributed by atoms with Crippen molar-refractivity contribution >= 4 is 5.78 Å². The molecule has 138 valence electrons. The highest BCUT2D eigenvalue weighted by Gasteiger charge is 2.27. The van der Waals surface area contributed by atoms with Crippen LogP contribution in [0, 0.1) is 5.92 Å². The molecule has 0 N–H and O–H groups in total. The zero-order valence-corrected chi connectivity index (χ0v) is 15.0. The van der Waals surface area contributed by atoms with Crippen LogP contribution in [0.4, 0.5) is 0 Å². The maximum absolute atomic E-state index is 13.1. The van der Waals surface area contributed by atoms with Crippen molar-refractivity contribution < 1.29 is 19.0 Å². The Labute approximate surface area is 149 Å². The van der Waals surface area contributed by atoms with Crippen molar-refractivity contribution in [2.24, 2.45) is 5.92 Å². The summed E-state index contributed by atoms with van der Waals surface area (Å²) in [5, 5.41) is 0. The van der Waals surface area contributed by atoms with E-state index < -0.39 is 0 Å². The summed E-state index contributed by atoms with van der Waals surface area (Å²) in [5.41, 5.74) is 0.757. The normalized spacial score (nSPS) is 19.9. The minimum Gasteiger partial charge on any atom is -0.497 e. The smallest absolute Gasteiger partial charge is 0.168 e. The van der Waals surface area contributed by atoms with Crippen molar-refractivity contribution in [2.75, 3.05) is 72.8 Å². The Balaban J connectivity index is 1.69. The number of hydrogen-bond acceptors (Lipinski definition) is 6. The highest BCUT2D eigenvalue weighted by molar-refractivity contribution is 5.98. The van der Waals surface area contributed by atoms with Gasteiger partial charge >= 0.3 is 0 Å². The fraction of sp³-hybridized carbons (Fsp3) is 0.632. The van der Waals surface area contributed by atoms with Gasteiger partial charge in [-0.25, -0.2) is 0 Å². The number of ketones is 1. The molecule has 6 nitrogen and oxygen atoms in total. The molecule has 0 aliphatic carbocycles. The Morgan fingerprint density at radius 3 is 1.88 bits per heavy atom. The van der Waals surface area contributed by atoms with E-state index in [1.54, 1.807) is 7.11 Å². The van der Waals surface area contributed by atoms with Gasteiger partial charge in [-0.3, -0.25) is 14.6 Å². The Hall–Kier alpha value is -1.47. The van der Waals surface area contributed by atoms with Gasteiger partial charge < -0.3 is 14.2 Å². The number of hydrogen-bond donors (Lipinski definition) is 0. The number of ether oxygens (including phenoxy) is 3. The lowest BCUT2D eigenvalue weighted by Gasteiger charge is -2.34. The summed E-state index contributed by atoms with van der Waals surface area (Å²) < 4.78 is 16.1. The predicted molar refractivity (Wildman–Crippen MR) is 95.3 cm³/mol. The number of carbonyl (C=O) groups is 1. The molecule has 0 aromatic heterocycles. The molecular formula is C19H28N2O4. The van der Waals surface area contributed by atoms with Gasteiger partial charge in [-0.2, -0.15) is 0 Å². The third-order valence-electron chi connectivity index (χ3n) is 4.91. The monoisotopic (exact) mass is 348 g/mol. The van der Waals surface area contributed by atoms with E-state index >= 15 is 0 Å². The summed E-state index contributed by atoms with van der Waals surface area (Å²) in [4.78, 5) is 17.8. The van der Waals surface area contributed by atoms with Gasteiger partial charge in [-0.1, -0.05) is 0 Å². The van der Waals surface area contributed by atoms with Gasteiger partial charge in [0.1, 0.15) is 5.75 Å². The van der Waals surface area contributed by atoms with Crippen LogP contribution in [-0.2, 0) is 9.47 Å². The van der Waals surface area contributed by atoms with E-state index in [0.29, 0.717) is 0 Å². The third kappa shape index (κ3) is 5.25. The number of carbonyl (C=O) groups excluding carboxylic acids is 1. The Morgan fingerprint density at radius 2 is 1.44 bits per heavy atom. The van der Waals surface area contributed by atoms with Crippen molar-refractivity contribution in [3.8, 4) is 5.75 Å². The Bertz CT molecular complexity index is 517. The largest absolute Gasteiger partial charge is 0.497 e. The molecule has 0 unspecified atom stereocenters. The van der Waals surface area contributed by atoms with Crippen LogP contribution in [0.5, 0.6) is 5.75 Å². The molecule has 1 aromatic rings. The minimum atomic E-state index is -0.0374. The van der Waals surface area contributed by atoms with Gasteiger partial charge in [0.2, 0.25) is 0 Å². The van der Waals surface area contributed by atoms with Crippen LogP contribution in [0.15, 0.2) is 24.3 Å². The van der Waals surface area contributed by atoms with E-state index in [-0.39, 0.29) is 11.7 Å². The molecule has 2 fully saturated rings. The fourth-order valence-electron chi connectivity index (χ4n) is 3.41. The minimum absolute atomic E-state index is 0.0374. The zero-order chi connectivity index (χ0) is 17.5. The van der Waals surface area contributed by atoms with Crippen molar-refractivity contribution in [1.29, 1.82) is 0 Å². The summed E-state index contributed by atoms with van der Waals surface area (Å²) in [5.74, 6) is 0.944. The van der Waals surface area contributed by atoms with Gasteiger partial charge in [0.25, 0.3) is 0 Å². The zero-order valence-electron chi connectivity index (χ0n) is 15.0. The van der Waals surface area contributed by atoms with Crippen LogP contribution in [0.3, 0.4) is 0 Å². The second-order valence-electron chi connectivity index (χ2n) is 6.62. The van der Waals surface area contributed by atoms with E-state index in [0.717, 1.165) is 77.0 Å². The lowest BCUT2D eigenvalue weighted by molar-refractivity contribution is 0.0130. The molecule has 0 radical (unpaired) electrons.